The first-order chi connectivity index (χ1) is 32.1. The SMILES string of the molecule is CCOC(=O)C(CSSCC(NC(=O)C[n+]1ccc(C=Cc2ccc(N(CCO)CCO)cc2)cc1)C(=O)OCC)NC(=O)C[n+]1ccc(C=Cc2ccc(N(CCO)CCO)cc2)cc1. The van der Waals surface area contributed by atoms with Gasteiger partial charge in [-0.3, -0.25) is 9.59 Å². The molecule has 2 atom stereocenters. The third-order valence-corrected chi connectivity index (χ3v) is 12.2. The van der Waals surface area contributed by atoms with Crippen molar-refractivity contribution >= 4 is 81.0 Å². The van der Waals surface area contributed by atoms with Crippen molar-refractivity contribution in [3.63, 3.8) is 0 Å². The maximum absolute atomic E-state index is 13.1. The number of esters is 2. The Morgan fingerprint density at radius 3 is 1.12 bits per heavy atom. The number of ether oxygens (including phenoxy) is 2. The number of aliphatic hydroxyl groups excluding tert-OH is 4. The van der Waals surface area contributed by atoms with Crippen LogP contribution in [0.3, 0.4) is 0 Å². The Kier molecular flexibility index (Phi) is 23.8. The number of nitrogens with zero attached hydrogens (tertiary/aromatic N) is 4. The highest BCUT2D eigenvalue weighted by atomic mass is 33.1. The van der Waals surface area contributed by atoms with Crippen molar-refractivity contribution in [3.05, 3.63) is 120 Å². The Hall–Kier alpha value is -5.76. The first-order valence-electron chi connectivity index (χ1n) is 21.7. The molecule has 16 nitrogen and oxygen atoms in total. The Morgan fingerprint density at radius 2 is 0.833 bits per heavy atom. The highest BCUT2D eigenvalue weighted by Crippen LogP contribution is 2.24. The molecule has 6 N–H and O–H groups in total. The van der Waals surface area contributed by atoms with E-state index in [0.29, 0.717) is 26.2 Å². The van der Waals surface area contributed by atoms with Gasteiger partial charge in [0.1, 0.15) is 12.1 Å². The molecule has 0 bridgehead atoms. The second-order valence-electron chi connectivity index (χ2n) is 14.6. The molecule has 2 aromatic heterocycles. The van der Waals surface area contributed by atoms with Crippen LogP contribution in [-0.2, 0) is 41.7 Å². The van der Waals surface area contributed by atoms with E-state index in [1.165, 1.54) is 21.6 Å². The summed E-state index contributed by atoms with van der Waals surface area (Å²) in [6.45, 7) is 5.23. The number of benzene rings is 2. The molecule has 0 spiro atoms. The first kappa shape index (κ1) is 52.9. The summed E-state index contributed by atoms with van der Waals surface area (Å²) in [6.07, 6.45) is 14.9. The molecule has 66 heavy (non-hydrogen) atoms. The Bertz CT molecular complexity index is 1980. The maximum atomic E-state index is 13.1. The van der Waals surface area contributed by atoms with Crippen LogP contribution in [0.5, 0.6) is 0 Å². The van der Waals surface area contributed by atoms with E-state index in [-0.39, 0.29) is 64.2 Å². The molecule has 2 unspecified atom stereocenters. The fourth-order valence-electron chi connectivity index (χ4n) is 6.44. The normalized spacial score (nSPS) is 12.2. The van der Waals surface area contributed by atoms with E-state index < -0.39 is 35.8 Å². The number of carbonyl (C=O) groups is 4. The van der Waals surface area contributed by atoms with Crippen LogP contribution in [0.2, 0.25) is 0 Å². The van der Waals surface area contributed by atoms with E-state index in [0.717, 1.165) is 33.6 Å². The molecule has 4 rings (SSSR count). The number of aromatic nitrogens is 2. The van der Waals surface area contributed by atoms with Crippen LogP contribution in [0.4, 0.5) is 11.4 Å². The van der Waals surface area contributed by atoms with E-state index >= 15 is 0 Å². The highest BCUT2D eigenvalue weighted by Gasteiger charge is 2.27. The predicted octanol–water partition coefficient (Wildman–Crippen LogP) is 2.36. The molecule has 0 fully saturated rings. The zero-order valence-corrected chi connectivity index (χ0v) is 39.1. The zero-order chi connectivity index (χ0) is 47.5. The van der Waals surface area contributed by atoms with E-state index in [1.54, 1.807) is 47.8 Å². The highest BCUT2D eigenvalue weighted by molar-refractivity contribution is 8.76. The second-order valence-corrected chi connectivity index (χ2v) is 17.2. The molecular weight excluding hydrogens is 885 g/mol. The van der Waals surface area contributed by atoms with Crippen molar-refractivity contribution in [2.45, 2.75) is 39.0 Å². The Labute approximate surface area is 394 Å². The van der Waals surface area contributed by atoms with Gasteiger partial charge in [-0.05, 0) is 60.4 Å². The maximum Gasteiger partial charge on any atom is 0.329 e. The zero-order valence-electron chi connectivity index (χ0n) is 37.4. The van der Waals surface area contributed by atoms with E-state index in [4.69, 9.17) is 9.47 Å². The minimum Gasteiger partial charge on any atom is -0.464 e. The number of amides is 2. The molecule has 354 valence electrons. The van der Waals surface area contributed by atoms with Gasteiger partial charge in [-0.2, -0.15) is 9.13 Å². The van der Waals surface area contributed by atoms with E-state index in [2.05, 4.69) is 10.6 Å². The summed E-state index contributed by atoms with van der Waals surface area (Å²) in [4.78, 5) is 55.7. The molecule has 0 aliphatic heterocycles. The summed E-state index contributed by atoms with van der Waals surface area (Å²) in [7, 11) is 2.51. The summed E-state index contributed by atoms with van der Waals surface area (Å²) in [6, 6.07) is 21.1. The van der Waals surface area contributed by atoms with Crippen molar-refractivity contribution in [2.24, 2.45) is 0 Å². The standard InChI is InChI=1S/C48H60N6O10S2/c1-3-63-47(61)43(49-45(59)33-51-21-17-39(18-22-51)7-5-37-9-13-41(14-10-37)53(25-29-55)26-30-56)35-65-66-36-44(48(62)64-4-2)50-46(60)34-52-23-19-40(20-24-52)8-6-38-11-15-42(16-12-38)54(27-31-57)28-32-58/h5-24,43-44,55-58H,3-4,25-36H2,1-2H3/p+2. The third kappa shape index (κ3) is 18.6. The number of aliphatic hydroxyl groups is 4. The third-order valence-electron chi connectivity index (χ3n) is 9.78. The monoisotopic (exact) mass is 946 g/mol. The van der Waals surface area contributed by atoms with Gasteiger partial charge < -0.3 is 50.3 Å². The fraction of sp³-hybridized carbons (Fsp3) is 0.375. The molecule has 2 amide bonds. The number of hydrogen-bond acceptors (Lipinski definition) is 14. The molecule has 0 radical (unpaired) electrons. The average molecular weight is 947 g/mol. The van der Waals surface area contributed by atoms with Crippen molar-refractivity contribution in [1.29, 1.82) is 0 Å². The van der Waals surface area contributed by atoms with Gasteiger partial charge in [-0.25, -0.2) is 9.59 Å². The van der Waals surface area contributed by atoms with Crippen LogP contribution in [0.1, 0.15) is 36.1 Å². The lowest BCUT2D eigenvalue weighted by molar-refractivity contribution is -0.684. The fourth-order valence-corrected chi connectivity index (χ4v) is 8.74. The van der Waals surface area contributed by atoms with Crippen LogP contribution < -0.4 is 29.6 Å². The minimum absolute atomic E-state index is 0.00846. The molecule has 0 saturated heterocycles. The number of carbonyl (C=O) groups excluding carboxylic acids is 4. The Morgan fingerprint density at radius 1 is 0.530 bits per heavy atom. The van der Waals surface area contributed by atoms with Crippen LogP contribution in [0.15, 0.2) is 97.6 Å². The summed E-state index contributed by atoms with van der Waals surface area (Å²) in [5.41, 5.74) is 5.57. The number of nitrogens with one attached hydrogen (secondary N) is 2. The van der Waals surface area contributed by atoms with Gasteiger partial charge in [0.25, 0.3) is 11.8 Å². The summed E-state index contributed by atoms with van der Waals surface area (Å²) >= 11 is 0. The predicted molar refractivity (Wildman–Crippen MR) is 259 cm³/mol. The summed E-state index contributed by atoms with van der Waals surface area (Å²) < 4.78 is 13.8. The van der Waals surface area contributed by atoms with Crippen molar-refractivity contribution < 1.29 is 58.2 Å². The van der Waals surface area contributed by atoms with Crippen LogP contribution in [0.25, 0.3) is 24.3 Å². The smallest absolute Gasteiger partial charge is 0.329 e. The van der Waals surface area contributed by atoms with Gasteiger partial charge in [0.2, 0.25) is 13.1 Å². The summed E-state index contributed by atoms with van der Waals surface area (Å²) in [5, 5.41) is 42.8. The minimum atomic E-state index is -0.959. The lowest BCUT2D eigenvalue weighted by Crippen LogP contribution is -2.50. The van der Waals surface area contributed by atoms with Gasteiger partial charge in [0.15, 0.2) is 24.8 Å². The van der Waals surface area contributed by atoms with Gasteiger partial charge in [-0.1, -0.05) is 70.2 Å². The molecule has 0 aliphatic rings. The van der Waals surface area contributed by atoms with E-state index in [1.807, 2.05) is 107 Å². The molecule has 0 aliphatic carbocycles. The molecule has 2 heterocycles. The van der Waals surface area contributed by atoms with E-state index in [9.17, 15) is 39.6 Å². The average Bonchev–Trinajstić information content (AvgIpc) is 3.32. The van der Waals surface area contributed by atoms with Crippen LogP contribution in [-0.4, -0.2) is 134 Å². The second kappa shape index (κ2) is 29.7. The van der Waals surface area contributed by atoms with Crippen molar-refractivity contribution in [2.75, 3.05) is 87.1 Å². The number of rotatable bonds is 29. The first-order valence-corrected chi connectivity index (χ1v) is 24.2. The van der Waals surface area contributed by atoms with Gasteiger partial charge in [0, 0.05) is 73.3 Å². The number of hydrogen-bond donors (Lipinski definition) is 6. The Balaban J connectivity index is 1.25. The molecule has 4 aromatic rings. The van der Waals surface area contributed by atoms with Gasteiger partial charge >= 0.3 is 11.9 Å². The molecular formula is C48H62N6O10S2+2. The number of anilines is 2. The molecule has 18 heteroatoms. The molecule has 0 saturated carbocycles. The van der Waals surface area contributed by atoms with Crippen LogP contribution >= 0.6 is 21.6 Å². The summed E-state index contributed by atoms with van der Waals surface area (Å²) in [5.74, 6) is -1.67. The quantitative estimate of drug-likeness (QED) is 0.0200. The molecule has 2 aromatic carbocycles. The van der Waals surface area contributed by atoms with Gasteiger partial charge in [-0.15, -0.1) is 0 Å². The lowest BCUT2D eigenvalue weighted by Gasteiger charge is -2.22. The van der Waals surface area contributed by atoms with Crippen molar-refractivity contribution in [3.8, 4) is 0 Å². The van der Waals surface area contributed by atoms with Crippen LogP contribution in [0, 0.1) is 0 Å². The topological polar surface area (TPSA) is 206 Å². The number of pyridine rings is 2. The van der Waals surface area contributed by atoms with Gasteiger partial charge in [0.05, 0.1) is 39.6 Å². The van der Waals surface area contributed by atoms with Crippen molar-refractivity contribution in [1.82, 2.24) is 10.6 Å². The lowest BCUT2D eigenvalue weighted by atomic mass is 10.1. The largest absolute Gasteiger partial charge is 0.464 e.